The molecule has 0 saturated carbocycles. The average Bonchev–Trinajstić information content (AvgIpc) is 2.55. The molecule has 1 heterocycles. The minimum Gasteiger partial charge on any atom is -0.328 e. The van der Waals surface area contributed by atoms with Crippen molar-refractivity contribution in [3.8, 4) is 0 Å². The Morgan fingerprint density at radius 3 is 2.73 bits per heavy atom. The van der Waals surface area contributed by atoms with Gasteiger partial charge in [-0.05, 0) is 25.1 Å². The van der Waals surface area contributed by atoms with E-state index in [2.05, 4.69) is 30.3 Å². The van der Waals surface area contributed by atoms with Crippen molar-refractivity contribution in [2.45, 2.75) is 33.2 Å². The Labute approximate surface area is 94.9 Å². The van der Waals surface area contributed by atoms with Crippen molar-refractivity contribution in [2.24, 2.45) is 0 Å². The van der Waals surface area contributed by atoms with Gasteiger partial charge in [-0.3, -0.25) is 0 Å². The molecule has 1 aromatic carbocycles. The second-order valence-electron chi connectivity index (χ2n) is 4.00. The van der Waals surface area contributed by atoms with Crippen LogP contribution in [-0.4, -0.2) is 9.55 Å². The largest absolute Gasteiger partial charge is 0.328 e. The molecule has 80 valence electrons. The Kier molecular flexibility index (Phi) is 2.70. The minimum atomic E-state index is 0.441. The zero-order chi connectivity index (χ0) is 11.0. The summed E-state index contributed by atoms with van der Waals surface area (Å²) in [5.41, 5.74) is 2.17. The molecule has 0 atom stereocenters. The second-order valence-corrected chi connectivity index (χ2v) is 4.44. The normalized spacial score (nSPS) is 11.5. The maximum atomic E-state index is 5.95. The zero-order valence-electron chi connectivity index (χ0n) is 9.29. The van der Waals surface area contributed by atoms with E-state index in [1.165, 1.54) is 5.52 Å². The average molecular weight is 223 g/mol. The molecule has 0 radical (unpaired) electrons. The number of imidazole rings is 1. The van der Waals surface area contributed by atoms with Crippen LogP contribution in [0.15, 0.2) is 18.2 Å². The first-order chi connectivity index (χ1) is 7.13. The van der Waals surface area contributed by atoms with E-state index in [4.69, 9.17) is 11.6 Å². The highest BCUT2D eigenvalue weighted by Gasteiger charge is 2.12. The number of aromatic nitrogens is 2. The van der Waals surface area contributed by atoms with Gasteiger partial charge in [-0.2, -0.15) is 0 Å². The van der Waals surface area contributed by atoms with Crippen molar-refractivity contribution >= 4 is 22.6 Å². The van der Waals surface area contributed by atoms with Gasteiger partial charge in [0, 0.05) is 17.5 Å². The van der Waals surface area contributed by atoms with E-state index in [-0.39, 0.29) is 0 Å². The van der Waals surface area contributed by atoms with E-state index < -0.39 is 0 Å². The number of halogens is 1. The summed E-state index contributed by atoms with van der Waals surface area (Å²) in [5.74, 6) is 1.57. The molecule has 0 amide bonds. The Hall–Kier alpha value is -1.02. The summed E-state index contributed by atoms with van der Waals surface area (Å²) in [6.45, 7) is 7.41. The lowest BCUT2D eigenvalue weighted by molar-refractivity contribution is 0.667. The Bertz CT molecular complexity index is 486. The van der Waals surface area contributed by atoms with Gasteiger partial charge in [0.1, 0.15) is 5.82 Å². The number of rotatable bonds is 2. The van der Waals surface area contributed by atoms with Crippen molar-refractivity contribution in [3.05, 3.63) is 29.0 Å². The van der Waals surface area contributed by atoms with Crippen molar-refractivity contribution in [1.82, 2.24) is 9.55 Å². The number of benzene rings is 1. The minimum absolute atomic E-state index is 0.441. The Balaban J connectivity index is 2.73. The van der Waals surface area contributed by atoms with Crippen LogP contribution in [0.4, 0.5) is 0 Å². The van der Waals surface area contributed by atoms with Crippen molar-refractivity contribution in [1.29, 1.82) is 0 Å². The number of aryl methyl sites for hydroxylation is 1. The van der Waals surface area contributed by atoms with Crippen LogP contribution in [-0.2, 0) is 6.54 Å². The molecule has 2 nitrogen and oxygen atoms in total. The van der Waals surface area contributed by atoms with E-state index in [1.807, 2.05) is 18.2 Å². The van der Waals surface area contributed by atoms with Gasteiger partial charge in [-0.15, -0.1) is 0 Å². The Morgan fingerprint density at radius 1 is 1.40 bits per heavy atom. The number of hydrogen-bond donors (Lipinski definition) is 0. The smallest absolute Gasteiger partial charge is 0.112 e. The number of fused-ring (bicyclic) bond motifs is 1. The Morgan fingerprint density at radius 2 is 2.13 bits per heavy atom. The van der Waals surface area contributed by atoms with Crippen molar-refractivity contribution < 1.29 is 0 Å². The molecule has 0 fully saturated rings. The fourth-order valence-corrected chi connectivity index (χ4v) is 2.06. The van der Waals surface area contributed by atoms with Crippen LogP contribution in [0.2, 0.25) is 5.02 Å². The lowest BCUT2D eigenvalue weighted by atomic mass is 10.2. The maximum Gasteiger partial charge on any atom is 0.112 e. The molecule has 3 heteroatoms. The summed E-state index contributed by atoms with van der Waals surface area (Å²) in [7, 11) is 0. The standard InChI is InChI=1S/C12H15ClN2/c1-4-15-11-6-5-9(13)7-10(11)14-12(15)8(2)3/h5-8H,4H2,1-3H3. The third-order valence-corrected chi connectivity index (χ3v) is 2.81. The van der Waals surface area contributed by atoms with Gasteiger partial charge in [0.05, 0.1) is 11.0 Å². The van der Waals surface area contributed by atoms with Gasteiger partial charge >= 0.3 is 0 Å². The van der Waals surface area contributed by atoms with E-state index >= 15 is 0 Å². The number of hydrogen-bond acceptors (Lipinski definition) is 1. The maximum absolute atomic E-state index is 5.95. The van der Waals surface area contributed by atoms with Crippen LogP contribution in [0.5, 0.6) is 0 Å². The monoisotopic (exact) mass is 222 g/mol. The highest BCUT2D eigenvalue weighted by atomic mass is 35.5. The second kappa shape index (κ2) is 3.86. The molecule has 0 aliphatic carbocycles. The third kappa shape index (κ3) is 1.74. The van der Waals surface area contributed by atoms with Gasteiger partial charge in [0.25, 0.3) is 0 Å². The number of nitrogens with zero attached hydrogens (tertiary/aromatic N) is 2. The van der Waals surface area contributed by atoms with Crippen LogP contribution < -0.4 is 0 Å². The quantitative estimate of drug-likeness (QED) is 0.755. The highest BCUT2D eigenvalue weighted by Crippen LogP contribution is 2.24. The summed E-state index contributed by atoms with van der Waals surface area (Å²) < 4.78 is 2.25. The molecule has 0 aliphatic heterocycles. The molecule has 0 unspecified atom stereocenters. The van der Waals surface area contributed by atoms with Crippen molar-refractivity contribution in [3.63, 3.8) is 0 Å². The van der Waals surface area contributed by atoms with Crippen molar-refractivity contribution in [2.75, 3.05) is 0 Å². The van der Waals surface area contributed by atoms with Gasteiger partial charge < -0.3 is 4.57 Å². The van der Waals surface area contributed by atoms with Crippen LogP contribution in [0.1, 0.15) is 32.5 Å². The van der Waals surface area contributed by atoms with Gasteiger partial charge in [-0.25, -0.2) is 4.98 Å². The molecule has 0 N–H and O–H groups in total. The highest BCUT2D eigenvalue weighted by molar-refractivity contribution is 6.31. The summed E-state index contributed by atoms with van der Waals surface area (Å²) >= 11 is 5.95. The first-order valence-corrected chi connectivity index (χ1v) is 5.67. The summed E-state index contributed by atoms with van der Waals surface area (Å²) in [5, 5.41) is 0.749. The van der Waals surface area contributed by atoms with Crippen LogP contribution >= 0.6 is 11.6 Å². The van der Waals surface area contributed by atoms with Gasteiger partial charge in [0.15, 0.2) is 0 Å². The molecule has 15 heavy (non-hydrogen) atoms. The third-order valence-electron chi connectivity index (χ3n) is 2.57. The molecule has 0 spiro atoms. The first-order valence-electron chi connectivity index (χ1n) is 5.29. The molecule has 1 aromatic heterocycles. The molecule has 0 saturated heterocycles. The SMILES string of the molecule is CCn1c(C(C)C)nc2cc(Cl)ccc21. The predicted molar refractivity (Wildman–Crippen MR) is 64.5 cm³/mol. The topological polar surface area (TPSA) is 17.8 Å². The van der Waals surface area contributed by atoms with E-state index in [0.717, 1.165) is 22.9 Å². The van der Waals surface area contributed by atoms with E-state index in [9.17, 15) is 0 Å². The fraction of sp³-hybridized carbons (Fsp3) is 0.417. The fourth-order valence-electron chi connectivity index (χ4n) is 1.89. The zero-order valence-corrected chi connectivity index (χ0v) is 10.0. The lowest BCUT2D eigenvalue weighted by Gasteiger charge is -2.07. The predicted octanol–water partition coefficient (Wildman–Crippen LogP) is 3.83. The van der Waals surface area contributed by atoms with Gasteiger partial charge in [-0.1, -0.05) is 25.4 Å². The summed E-state index contributed by atoms with van der Waals surface area (Å²) in [6.07, 6.45) is 0. The lowest BCUT2D eigenvalue weighted by Crippen LogP contribution is -2.02. The van der Waals surface area contributed by atoms with Crippen LogP contribution in [0.3, 0.4) is 0 Å². The molecular weight excluding hydrogens is 208 g/mol. The molecule has 0 aliphatic rings. The van der Waals surface area contributed by atoms with E-state index in [0.29, 0.717) is 5.92 Å². The first kappa shape index (κ1) is 10.5. The molecular formula is C12H15ClN2. The van der Waals surface area contributed by atoms with Crippen LogP contribution in [0, 0.1) is 0 Å². The molecule has 2 aromatic rings. The van der Waals surface area contributed by atoms with Gasteiger partial charge in [0.2, 0.25) is 0 Å². The molecule has 0 bridgehead atoms. The summed E-state index contributed by atoms with van der Waals surface area (Å²) in [4.78, 5) is 4.62. The summed E-state index contributed by atoms with van der Waals surface area (Å²) in [6, 6.07) is 5.89. The molecule has 2 rings (SSSR count). The van der Waals surface area contributed by atoms with E-state index in [1.54, 1.807) is 0 Å². The van der Waals surface area contributed by atoms with Crippen LogP contribution in [0.25, 0.3) is 11.0 Å².